The van der Waals surface area contributed by atoms with E-state index in [0.29, 0.717) is 5.69 Å². The molecule has 62 heavy (non-hydrogen) atoms. The third-order valence-electron chi connectivity index (χ3n) is 11.1. The Bertz CT molecular complexity index is 3430. The number of hydrogen-bond donors (Lipinski definition) is 0. The van der Waals surface area contributed by atoms with Crippen molar-refractivity contribution in [2.45, 2.75) is 73.5 Å². The minimum atomic E-state index is -2.48. The minimum absolute atomic E-state index is 0. The van der Waals surface area contributed by atoms with Gasteiger partial charge in [0.25, 0.3) is 0 Å². The van der Waals surface area contributed by atoms with Gasteiger partial charge in [-0.2, -0.15) is 11.3 Å². The number of imidazole rings is 1. The second-order valence-electron chi connectivity index (χ2n) is 17.3. The molecule has 7 aromatic carbocycles. The molecule has 0 saturated carbocycles. The standard InChI is InChI=1S/C31H26NS.C25H24FN2.Ir/c1-19-18-32-28(14-22(19)17-31(2,3)4)25-11-7-10-24-27-16-26-21(15-29(27)33-30(24)25)13-12-20-8-5-6-9-23(20)26;1-16(2)20-14-19(26)15-21(17(3)4)24(20)28-23-13-9-8-12-22(23)27-25(28)18-10-6-5-7-11-18;/h5-10,12-16,18H,17H2,1-4H3;5-10,12-17H,1-4H3;/q2*-1;/i1D3,17D2;;. The molecule has 10 aromatic rings. The number of aromatic nitrogens is 3. The van der Waals surface area contributed by atoms with Crippen LogP contribution in [0.1, 0.15) is 89.4 Å². The monoisotopic (exact) mass is 1010 g/mol. The Morgan fingerprint density at radius 3 is 2.21 bits per heavy atom. The largest absolute Gasteiger partial charge is 0.333 e. The molecule has 3 nitrogen and oxygen atoms in total. The van der Waals surface area contributed by atoms with Gasteiger partial charge in [-0.1, -0.05) is 114 Å². The Hall–Kier alpha value is -5.52. The molecule has 3 aromatic heterocycles. The summed E-state index contributed by atoms with van der Waals surface area (Å²) in [7, 11) is 0. The van der Waals surface area contributed by atoms with Crippen molar-refractivity contribution in [2.75, 3.05) is 0 Å². The summed E-state index contributed by atoms with van der Waals surface area (Å²) in [4.78, 5) is 9.46. The molecule has 1 radical (unpaired) electrons. The number of hydrogen-bond acceptors (Lipinski definition) is 3. The van der Waals surface area contributed by atoms with E-state index in [0.717, 1.165) is 65.0 Å². The zero-order chi connectivity index (χ0) is 46.9. The zero-order valence-electron chi connectivity index (χ0n) is 40.8. The Morgan fingerprint density at radius 2 is 1.48 bits per heavy atom. The van der Waals surface area contributed by atoms with E-state index in [1.807, 2.05) is 48.5 Å². The van der Waals surface area contributed by atoms with Gasteiger partial charge in [-0.3, -0.25) is 4.98 Å². The Labute approximate surface area is 389 Å². The van der Waals surface area contributed by atoms with E-state index in [1.54, 1.807) is 50.3 Å². The van der Waals surface area contributed by atoms with Gasteiger partial charge in [-0.25, -0.2) is 4.39 Å². The van der Waals surface area contributed by atoms with Crippen molar-refractivity contribution in [3.05, 3.63) is 174 Å². The van der Waals surface area contributed by atoms with Crippen LogP contribution >= 0.6 is 11.3 Å². The fourth-order valence-electron chi connectivity index (χ4n) is 8.28. The second kappa shape index (κ2) is 17.3. The molecule has 0 atom stereocenters. The van der Waals surface area contributed by atoms with Crippen LogP contribution in [0.3, 0.4) is 0 Å². The smallest absolute Gasteiger partial charge is 0.123 e. The van der Waals surface area contributed by atoms with Crippen molar-refractivity contribution in [3.8, 4) is 28.3 Å². The van der Waals surface area contributed by atoms with Crippen LogP contribution in [-0.4, -0.2) is 14.5 Å². The summed E-state index contributed by atoms with van der Waals surface area (Å²) in [6.07, 6.45) is -0.567. The molecule has 0 amide bonds. The first-order chi connectivity index (χ1) is 31.3. The summed E-state index contributed by atoms with van der Waals surface area (Å²) < 4.78 is 60.6. The predicted octanol–water partition coefficient (Wildman–Crippen LogP) is 16.0. The van der Waals surface area contributed by atoms with Crippen LogP contribution in [0.4, 0.5) is 4.39 Å². The van der Waals surface area contributed by atoms with Crippen LogP contribution in [-0.2, 0) is 26.5 Å². The van der Waals surface area contributed by atoms with Crippen molar-refractivity contribution in [2.24, 2.45) is 5.41 Å². The fourth-order valence-corrected chi connectivity index (χ4v) is 9.52. The average molecular weight is 1010 g/mol. The number of fused-ring (bicyclic) bond motifs is 7. The van der Waals surface area contributed by atoms with E-state index in [4.69, 9.17) is 11.8 Å². The molecule has 0 bridgehead atoms. The van der Waals surface area contributed by atoms with E-state index in [9.17, 15) is 4.39 Å². The van der Waals surface area contributed by atoms with Gasteiger partial charge in [0.2, 0.25) is 0 Å². The van der Waals surface area contributed by atoms with Crippen LogP contribution in [0.25, 0.3) is 81.1 Å². The van der Waals surface area contributed by atoms with Gasteiger partial charge in [-0.15, -0.1) is 59.7 Å². The fraction of sp³-hybridized carbons (Fsp3) is 0.214. The molecule has 0 saturated heterocycles. The average Bonchev–Trinajstić information content (AvgIpc) is 3.86. The van der Waals surface area contributed by atoms with Crippen molar-refractivity contribution >= 4 is 64.1 Å². The number of nitrogens with zero attached hydrogens (tertiary/aromatic N) is 3. The Morgan fingerprint density at radius 1 is 0.758 bits per heavy atom. The first-order valence-electron chi connectivity index (χ1n) is 23.3. The van der Waals surface area contributed by atoms with Crippen LogP contribution in [0, 0.1) is 30.2 Å². The molecule has 0 fully saturated rings. The third kappa shape index (κ3) is 8.24. The SMILES string of the molecule is CC(C)c1cc(F)cc(C(C)C)c1-n1c(-c2[c-]cccc2)nc2ccccc21.[2H]C([2H])([2H])c1cnc(-c2[c-]ccc3c2sc2cc4ccc5ccccc5c4cc23)cc1C([2H])([2H])C(C)(C)C.[Ir]. The van der Waals surface area contributed by atoms with E-state index >= 15 is 0 Å². The van der Waals surface area contributed by atoms with Gasteiger partial charge in [0.1, 0.15) is 5.82 Å². The van der Waals surface area contributed by atoms with Gasteiger partial charge >= 0.3 is 0 Å². The van der Waals surface area contributed by atoms with Crippen LogP contribution in [0.5, 0.6) is 0 Å². The number of para-hydroxylation sites is 2. The molecule has 10 rings (SSSR count). The van der Waals surface area contributed by atoms with Crippen LogP contribution < -0.4 is 0 Å². The Balaban J connectivity index is 0.000000187. The number of rotatable bonds is 6. The molecule has 0 spiro atoms. The van der Waals surface area contributed by atoms with Crippen molar-refractivity contribution in [1.82, 2.24) is 14.5 Å². The maximum Gasteiger partial charge on any atom is 0.123 e. The molecule has 3 heterocycles. The number of pyridine rings is 1. The van der Waals surface area contributed by atoms with Crippen LogP contribution in [0.2, 0.25) is 0 Å². The van der Waals surface area contributed by atoms with Crippen LogP contribution in [0.15, 0.2) is 134 Å². The van der Waals surface area contributed by atoms with Crippen molar-refractivity contribution in [3.63, 3.8) is 0 Å². The topological polar surface area (TPSA) is 30.7 Å². The van der Waals surface area contributed by atoms with Crippen molar-refractivity contribution < 1.29 is 31.3 Å². The molecule has 0 N–H and O–H groups in total. The molecule has 0 aliphatic heterocycles. The molecular weight excluding hydrogens is 958 g/mol. The normalized spacial score (nSPS) is 13.5. The summed E-state index contributed by atoms with van der Waals surface area (Å²) in [5, 5.41) is 7.01. The summed E-state index contributed by atoms with van der Waals surface area (Å²) in [5.41, 5.74) is 6.43. The van der Waals surface area contributed by atoms with E-state index in [1.165, 1.54) is 27.7 Å². The quantitative estimate of drug-likeness (QED) is 0.123. The first-order valence-corrected chi connectivity index (χ1v) is 21.6. The summed E-state index contributed by atoms with van der Waals surface area (Å²) in [5.74, 6) is 1.000. The molecule has 0 aliphatic rings. The third-order valence-corrected chi connectivity index (χ3v) is 12.3. The maximum absolute atomic E-state index is 14.5. The van der Waals surface area contributed by atoms with E-state index in [2.05, 4.69) is 110 Å². The molecule has 6 heteroatoms. The van der Waals surface area contributed by atoms with Crippen molar-refractivity contribution in [1.29, 1.82) is 0 Å². The molecule has 0 aliphatic carbocycles. The number of aryl methyl sites for hydroxylation is 1. The van der Waals surface area contributed by atoms with Gasteiger partial charge in [-0.05, 0) is 121 Å². The molecule has 0 unspecified atom stereocenters. The van der Waals surface area contributed by atoms with Gasteiger partial charge in [0, 0.05) is 43.5 Å². The van der Waals surface area contributed by atoms with Gasteiger partial charge in [0.05, 0.1) is 16.9 Å². The summed E-state index contributed by atoms with van der Waals surface area (Å²) in [6.45, 7) is 11.3. The molecule has 313 valence electrons. The summed E-state index contributed by atoms with van der Waals surface area (Å²) >= 11 is 1.66. The predicted molar refractivity (Wildman–Crippen MR) is 258 cm³/mol. The minimum Gasteiger partial charge on any atom is -0.333 e. The number of thiophene rings is 1. The Kier molecular flexibility index (Phi) is 10.4. The summed E-state index contributed by atoms with van der Waals surface area (Å²) in [6, 6.07) is 48.7. The van der Waals surface area contributed by atoms with Gasteiger partial charge < -0.3 is 9.55 Å². The van der Waals surface area contributed by atoms with E-state index < -0.39 is 18.6 Å². The number of halogens is 1. The zero-order valence-corrected chi connectivity index (χ0v) is 39.0. The van der Waals surface area contributed by atoms with Gasteiger partial charge in [0.15, 0.2) is 0 Å². The second-order valence-corrected chi connectivity index (χ2v) is 18.4. The maximum atomic E-state index is 14.5. The van der Waals surface area contributed by atoms with E-state index in [-0.39, 0.29) is 48.9 Å². The number of benzene rings is 7. The molecular formula is C56H50FIrN3S-2. The first kappa shape index (κ1) is 37.1.